The Hall–Kier alpha value is -1.35. The summed E-state index contributed by atoms with van der Waals surface area (Å²) < 4.78 is 0. The van der Waals surface area contributed by atoms with Crippen LogP contribution in [0.4, 0.5) is 0 Å². The number of carbonyl (C=O) groups excluding carboxylic acids is 1. The topological polar surface area (TPSA) is 49.3 Å². The van der Waals surface area contributed by atoms with Gasteiger partial charge in [0.2, 0.25) is 5.91 Å². The number of carbonyl (C=O) groups is 1. The van der Waals surface area contributed by atoms with E-state index in [-0.39, 0.29) is 37.8 Å². The summed E-state index contributed by atoms with van der Waals surface area (Å²) in [7, 11) is 0. The van der Waals surface area contributed by atoms with Gasteiger partial charge in [-0.1, -0.05) is 51.6 Å². The van der Waals surface area contributed by atoms with E-state index in [1.807, 2.05) is 32.0 Å². The van der Waals surface area contributed by atoms with Gasteiger partial charge in [0.1, 0.15) is 0 Å². The zero-order valence-corrected chi connectivity index (χ0v) is 11.0. The molecule has 1 aromatic rings. The molecule has 1 unspecified atom stereocenters. The molecular weight excluding hydrogens is 238 g/mol. The quantitative estimate of drug-likeness (QED) is 0.857. The molecule has 1 aliphatic carbocycles. The van der Waals surface area contributed by atoms with Crippen LogP contribution in [-0.2, 0) is 4.79 Å². The van der Waals surface area contributed by atoms with Gasteiger partial charge in [0.15, 0.2) is 0 Å². The highest BCUT2D eigenvalue weighted by Gasteiger charge is 2.44. The number of aliphatic hydroxyl groups excluding tert-OH is 1. The zero-order valence-electron chi connectivity index (χ0n) is 11.0. The molecule has 0 spiro atoms. The van der Waals surface area contributed by atoms with Crippen molar-refractivity contribution < 1.29 is 9.90 Å². The molecule has 2 rings (SSSR count). The largest absolute Gasteiger partial charge is 0.394 e. The van der Waals surface area contributed by atoms with Crippen molar-refractivity contribution >= 4 is 5.91 Å². The summed E-state index contributed by atoms with van der Waals surface area (Å²) in [5.41, 5.74) is 1.24. The fourth-order valence-electron chi connectivity index (χ4n) is 2.27. The van der Waals surface area contributed by atoms with E-state index >= 15 is 0 Å². The predicted octanol–water partition coefficient (Wildman–Crippen LogP) is 2.56. The number of hydrogen-bond acceptors (Lipinski definition) is 2. The van der Waals surface area contributed by atoms with Crippen molar-refractivity contribution in [2.45, 2.75) is 39.7 Å². The standard InChI is InChI=1S/C15H21NO2.CH4/c1-10(2)14(9-17)16-15(18)13-8-12(13)11-6-4-3-5-7-11;/h3-7,10,12-14,17H,8-9H2,1-2H3,(H,16,18);1H4/t12-,13+,14?;/m0./s1. The van der Waals surface area contributed by atoms with Crippen molar-refractivity contribution in [3.63, 3.8) is 0 Å². The van der Waals surface area contributed by atoms with Gasteiger partial charge in [-0.3, -0.25) is 4.79 Å². The molecule has 0 radical (unpaired) electrons. The Morgan fingerprint density at radius 1 is 1.37 bits per heavy atom. The Balaban J connectivity index is 0.00000180. The van der Waals surface area contributed by atoms with Crippen LogP contribution in [0.1, 0.15) is 39.2 Å². The number of aliphatic hydroxyl groups is 1. The fraction of sp³-hybridized carbons (Fsp3) is 0.562. The van der Waals surface area contributed by atoms with Crippen LogP contribution < -0.4 is 5.32 Å². The second-order valence-electron chi connectivity index (χ2n) is 5.40. The minimum absolute atomic E-state index is 0. The molecule has 2 N–H and O–H groups in total. The lowest BCUT2D eigenvalue weighted by Crippen LogP contribution is -2.42. The summed E-state index contributed by atoms with van der Waals surface area (Å²) in [4.78, 5) is 12.0. The van der Waals surface area contributed by atoms with Gasteiger partial charge in [0.05, 0.1) is 12.6 Å². The molecule has 19 heavy (non-hydrogen) atoms. The van der Waals surface area contributed by atoms with E-state index in [1.54, 1.807) is 0 Å². The summed E-state index contributed by atoms with van der Waals surface area (Å²) in [5, 5.41) is 12.2. The van der Waals surface area contributed by atoms with Gasteiger partial charge in [0.25, 0.3) is 0 Å². The van der Waals surface area contributed by atoms with Crippen molar-refractivity contribution in [3.05, 3.63) is 35.9 Å². The van der Waals surface area contributed by atoms with Crippen molar-refractivity contribution in [1.82, 2.24) is 5.32 Å². The molecule has 1 saturated carbocycles. The van der Waals surface area contributed by atoms with E-state index in [9.17, 15) is 9.90 Å². The fourth-order valence-corrected chi connectivity index (χ4v) is 2.27. The van der Waals surface area contributed by atoms with E-state index in [4.69, 9.17) is 0 Å². The first kappa shape index (κ1) is 15.7. The Labute approximate surface area is 116 Å². The van der Waals surface area contributed by atoms with Gasteiger partial charge in [0, 0.05) is 5.92 Å². The number of hydrogen-bond donors (Lipinski definition) is 2. The first-order valence-electron chi connectivity index (χ1n) is 6.59. The van der Waals surface area contributed by atoms with Crippen LogP contribution in [0.3, 0.4) is 0 Å². The highest BCUT2D eigenvalue weighted by atomic mass is 16.3. The van der Waals surface area contributed by atoms with Crippen LogP contribution in [0.15, 0.2) is 30.3 Å². The first-order chi connectivity index (χ1) is 8.63. The summed E-state index contributed by atoms with van der Waals surface area (Å²) in [5.74, 6) is 0.780. The maximum atomic E-state index is 12.0. The van der Waals surface area contributed by atoms with E-state index in [0.717, 1.165) is 6.42 Å². The van der Waals surface area contributed by atoms with Crippen LogP contribution in [0.25, 0.3) is 0 Å². The highest BCUT2D eigenvalue weighted by Crippen LogP contribution is 2.47. The summed E-state index contributed by atoms with van der Waals surface area (Å²) in [6.07, 6.45) is 0.923. The summed E-state index contributed by atoms with van der Waals surface area (Å²) >= 11 is 0. The molecule has 0 heterocycles. The van der Waals surface area contributed by atoms with E-state index in [1.165, 1.54) is 5.56 Å². The van der Waals surface area contributed by atoms with Gasteiger partial charge >= 0.3 is 0 Å². The molecule has 1 fully saturated rings. The zero-order chi connectivity index (χ0) is 13.1. The average molecular weight is 263 g/mol. The number of benzene rings is 1. The maximum Gasteiger partial charge on any atom is 0.224 e. The number of nitrogens with one attached hydrogen (secondary N) is 1. The van der Waals surface area contributed by atoms with E-state index in [0.29, 0.717) is 5.92 Å². The van der Waals surface area contributed by atoms with Gasteiger partial charge in [-0.25, -0.2) is 0 Å². The monoisotopic (exact) mass is 263 g/mol. The molecule has 0 bridgehead atoms. The van der Waals surface area contributed by atoms with Gasteiger partial charge < -0.3 is 10.4 Å². The Bertz CT molecular complexity index is 402. The second kappa shape index (κ2) is 6.71. The smallest absolute Gasteiger partial charge is 0.224 e. The van der Waals surface area contributed by atoms with Gasteiger partial charge in [-0.2, -0.15) is 0 Å². The first-order valence-corrected chi connectivity index (χ1v) is 6.59. The van der Waals surface area contributed by atoms with Crippen LogP contribution in [0, 0.1) is 11.8 Å². The lowest BCUT2D eigenvalue weighted by molar-refractivity contribution is -0.123. The number of amides is 1. The van der Waals surface area contributed by atoms with Gasteiger partial charge in [-0.15, -0.1) is 0 Å². The summed E-state index contributed by atoms with van der Waals surface area (Å²) in [6.45, 7) is 4.01. The minimum Gasteiger partial charge on any atom is -0.394 e. The number of rotatable bonds is 5. The minimum atomic E-state index is -0.130. The lowest BCUT2D eigenvalue weighted by Gasteiger charge is -2.19. The maximum absolute atomic E-state index is 12.0. The summed E-state index contributed by atoms with van der Waals surface area (Å²) in [6, 6.07) is 10.0. The third-order valence-corrected chi connectivity index (χ3v) is 3.68. The van der Waals surface area contributed by atoms with Crippen LogP contribution in [-0.4, -0.2) is 23.7 Å². The molecule has 106 valence electrons. The molecule has 0 aromatic heterocycles. The molecule has 3 nitrogen and oxygen atoms in total. The van der Waals surface area contributed by atoms with Crippen LogP contribution in [0.5, 0.6) is 0 Å². The lowest BCUT2D eigenvalue weighted by atomic mass is 10.0. The van der Waals surface area contributed by atoms with Crippen LogP contribution >= 0.6 is 0 Å². The average Bonchev–Trinajstić information content (AvgIpc) is 3.16. The SMILES string of the molecule is C.CC(C)C(CO)NC(=O)[C@@H]1C[C@H]1c1ccccc1. The molecular formula is C16H25NO2. The third kappa shape index (κ3) is 3.80. The van der Waals surface area contributed by atoms with E-state index in [2.05, 4.69) is 17.4 Å². The molecule has 1 aromatic carbocycles. The molecule has 1 aliphatic rings. The molecule has 0 aliphatic heterocycles. The van der Waals surface area contributed by atoms with Crippen molar-refractivity contribution in [2.75, 3.05) is 6.61 Å². The second-order valence-corrected chi connectivity index (χ2v) is 5.40. The van der Waals surface area contributed by atoms with Crippen LogP contribution in [0.2, 0.25) is 0 Å². The Morgan fingerprint density at radius 3 is 2.53 bits per heavy atom. The normalized spacial score (nSPS) is 22.5. The van der Waals surface area contributed by atoms with E-state index < -0.39 is 0 Å². The molecule has 0 saturated heterocycles. The molecule has 3 atom stereocenters. The predicted molar refractivity (Wildman–Crippen MR) is 77.9 cm³/mol. The van der Waals surface area contributed by atoms with Crippen molar-refractivity contribution in [1.29, 1.82) is 0 Å². The van der Waals surface area contributed by atoms with Gasteiger partial charge in [-0.05, 0) is 23.8 Å². The molecule has 1 amide bonds. The van der Waals surface area contributed by atoms with Crippen molar-refractivity contribution in [2.24, 2.45) is 11.8 Å². The molecule has 3 heteroatoms. The highest BCUT2D eigenvalue weighted by molar-refractivity contribution is 5.83. The third-order valence-electron chi connectivity index (χ3n) is 3.68. The van der Waals surface area contributed by atoms with Crippen molar-refractivity contribution in [3.8, 4) is 0 Å². The Morgan fingerprint density at radius 2 is 2.00 bits per heavy atom. The Kier molecular flexibility index (Phi) is 5.55.